The molecule has 136 valence electrons. The fraction of sp³-hybridized carbons (Fsp3) is 0.421. The maximum atomic E-state index is 12.6. The van der Waals surface area contributed by atoms with Crippen molar-refractivity contribution in [1.29, 1.82) is 0 Å². The van der Waals surface area contributed by atoms with Crippen LogP contribution in [0.3, 0.4) is 0 Å². The highest BCUT2D eigenvalue weighted by Crippen LogP contribution is 2.31. The molecule has 0 radical (unpaired) electrons. The van der Waals surface area contributed by atoms with E-state index in [0.717, 1.165) is 48.8 Å². The standard InChI is InChI=1S/C19H22N4O3/c24-19(13-14-3-4-16-17(12-14)26-11-10-25-16)23-8-5-15(6-9-23)21-18-2-1-7-20-22-18/h1-4,7,12,15H,5-6,8-11,13H2,(H,21,22). The molecule has 1 N–H and O–H groups in total. The summed E-state index contributed by atoms with van der Waals surface area (Å²) in [4.78, 5) is 14.5. The molecule has 2 aliphatic heterocycles. The summed E-state index contributed by atoms with van der Waals surface area (Å²) in [5, 5.41) is 11.3. The summed E-state index contributed by atoms with van der Waals surface area (Å²) in [6.07, 6.45) is 3.86. The van der Waals surface area contributed by atoms with Crippen LogP contribution in [0.15, 0.2) is 36.5 Å². The van der Waals surface area contributed by atoms with Crippen molar-refractivity contribution in [2.45, 2.75) is 25.3 Å². The highest BCUT2D eigenvalue weighted by molar-refractivity contribution is 5.79. The summed E-state index contributed by atoms with van der Waals surface area (Å²) in [7, 11) is 0. The molecule has 1 amide bonds. The van der Waals surface area contributed by atoms with Gasteiger partial charge in [-0.1, -0.05) is 6.07 Å². The molecule has 7 heteroatoms. The predicted octanol–water partition coefficient (Wildman–Crippen LogP) is 1.89. The number of nitrogens with one attached hydrogen (secondary N) is 1. The van der Waals surface area contributed by atoms with E-state index in [1.807, 2.05) is 35.2 Å². The van der Waals surface area contributed by atoms with E-state index in [-0.39, 0.29) is 5.91 Å². The molecular weight excluding hydrogens is 332 g/mol. The lowest BCUT2D eigenvalue weighted by atomic mass is 10.0. The van der Waals surface area contributed by atoms with E-state index in [4.69, 9.17) is 9.47 Å². The molecule has 0 saturated carbocycles. The van der Waals surface area contributed by atoms with Crippen LogP contribution in [0.1, 0.15) is 18.4 Å². The van der Waals surface area contributed by atoms with Crippen LogP contribution < -0.4 is 14.8 Å². The number of hydrogen-bond donors (Lipinski definition) is 1. The van der Waals surface area contributed by atoms with Crippen molar-refractivity contribution in [1.82, 2.24) is 15.1 Å². The lowest BCUT2D eigenvalue weighted by molar-refractivity contribution is -0.131. The first kappa shape index (κ1) is 16.6. The van der Waals surface area contributed by atoms with Crippen LogP contribution in [0, 0.1) is 0 Å². The van der Waals surface area contributed by atoms with E-state index in [9.17, 15) is 4.79 Å². The second-order valence-corrected chi connectivity index (χ2v) is 6.56. The SMILES string of the molecule is O=C(Cc1ccc2c(c1)OCCO2)N1CCC(Nc2cccnn2)CC1. The van der Waals surface area contributed by atoms with E-state index >= 15 is 0 Å². The molecule has 26 heavy (non-hydrogen) atoms. The molecule has 1 fully saturated rings. The second kappa shape index (κ2) is 7.59. The highest BCUT2D eigenvalue weighted by Gasteiger charge is 2.23. The predicted molar refractivity (Wildman–Crippen MR) is 96.4 cm³/mol. The first-order valence-electron chi connectivity index (χ1n) is 8.98. The van der Waals surface area contributed by atoms with Crippen molar-refractivity contribution < 1.29 is 14.3 Å². The number of carbonyl (C=O) groups is 1. The van der Waals surface area contributed by atoms with Crippen molar-refractivity contribution in [2.24, 2.45) is 0 Å². The zero-order valence-electron chi connectivity index (χ0n) is 14.6. The minimum absolute atomic E-state index is 0.152. The Balaban J connectivity index is 1.30. The summed E-state index contributed by atoms with van der Waals surface area (Å²) in [5.74, 6) is 2.42. The van der Waals surface area contributed by atoms with Gasteiger partial charge in [0.15, 0.2) is 11.5 Å². The van der Waals surface area contributed by atoms with Gasteiger partial charge < -0.3 is 19.7 Å². The average Bonchev–Trinajstić information content (AvgIpc) is 2.69. The summed E-state index contributed by atoms with van der Waals surface area (Å²) < 4.78 is 11.1. The molecule has 0 atom stereocenters. The number of amides is 1. The van der Waals surface area contributed by atoms with E-state index in [0.29, 0.717) is 25.7 Å². The third kappa shape index (κ3) is 3.87. The lowest BCUT2D eigenvalue weighted by Gasteiger charge is -2.32. The van der Waals surface area contributed by atoms with Crippen LogP contribution in [0.25, 0.3) is 0 Å². The maximum absolute atomic E-state index is 12.6. The molecule has 0 aliphatic carbocycles. The van der Waals surface area contributed by atoms with Crippen molar-refractivity contribution >= 4 is 11.7 Å². The van der Waals surface area contributed by atoms with Gasteiger partial charge in [-0.2, -0.15) is 5.10 Å². The number of nitrogens with zero attached hydrogens (tertiary/aromatic N) is 3. The first-order valence-corrected chi connectivity index (χ1v) is 8.98. The summed E-state index contributed by atoms with van der Waals surface area (Å²) >= 11 is 0. The van der Waals surface area contributed by atoms with Crippen LogP contribution >= 0.6 is 0 Å². The molecule has 0 bridgehead atoms. The van der Waals surface area contributed by atoms with Crippen LogP contribution in [-0.2, 0) is 11.2 Å². The Morgan fingerprint density at radius 1 is 1.15 bits per heavy atom. The van der Waals surface area contributed by atoms with Gasteiger partial charge in [-0.25, -0.2) is 0 Å². The Bertz CT molecular complexity index is 761. The Hall–Kier alpha value is -2.83. The molecule has 1 saturated heterocycles. The number of anilines is 1. The van der Waals surface area contributed by atoms with Crippen molar-refractivity contribution in [3.8, 4) is 11.5 Å². The Labute approximate surface area is 152 Å². The number of ether oxygens (including phenoxy) is 2. The Morgan fingerprint density at radius 3 is 2.73 bits per heavy atom. The van der Waals surface area contributed by atoms with Crippen molar-refractivity contribution in [3.63, 3.8) is 0 Å². The zero-order chi connectivity index (χ0) is 17.8. The van der Waals surface area contributed by atoms with E-state index in [1.165, 1.54) is 0 Å². The number of piperidine rings is 1. The molecule has 1 aromatic carbocycles. The third-order valence-corrected chi connectivity index (χ3v) is 4.73. The highest BCUT2D eigenvalue weighted by atomic mass is 16.6. The van der Waals surface area contributed by atoms with Gasteiger partial charge in [0.25, 0.3) is 0 Å². The molecule has 1 aromatic heterocycles. The molecule has 4 rings (SSSR count). The quantitative estimate of drug-likeness (QED) is 0.904. The van der Waals surface area contributed by atoms with Gasteiger partial charge in [-0.3, -0.25) is 4.79 Å². The van der Waals surface area contributed by atoms with E-state index < -0.39 is 0 Å². The van der Waals surface area contributed by atoms with E-state index in [1.54, 1.807) is 6.20 Å². The monoisotopic (exact) mass is 354 g/mol. The largest absolute Gasteiger partial charge is 0.486 e. The van der Waals surface area contributed by atoms with Gasteiger partial charge in [0.2, 0.25) is 5.91 Å². The van der Waals surface area contributed by atoms with Gasteiger partial charge in [0, 0.05) is 25.3 Å². The van der Waals surface area contributed by atoms with Gasteiger partial charge in [0.05, 0.1) is 6.42 Å². The molecule has 0 spiro atoms. The summed E-state index contributed by atoms with van der Waals surface area (Å²) in [5.41, 5.74) is 0.957. The summed E-state index contributed by atoms with van der Waals surface area (Å²) in [6.45, 7) is 2.63. The minimum Gasteiger partial charge on any atom is -0.486 e. The molecule has 0 unspecified atom stereocenters. The van der Waals surface area contributed by atoms with Crippen molar-refractivity contribution in [3.05, 3.63) is 42.1 Å². The molecule has 3 heterocycles. The number of likely N-dealkylation sites (tertiary alicyclic amines) is 1. The third-order valence-electron chi connectivity index (χ3n) is 4.73. The number of benzene rings is 1. The summed E-state index contributed by atoms with van der Waals surface area (Å²) in [6, 6.07) is 9.83. The lowest BCUT2D eigenvalue weighted by Crippen LogP contribution is -2.43. The number of hydrogen-bond acceptors (Lipinski definition) is 6. The zero-order valence-corrected chi connectivity index (χ0v) is 14.6. The minimum atomic E-state index is 0.152. The fourth-order valence-corrected chi connectivity index (χ4v) is 3.35. The first-order chi connectivity index (χ1) is 12.8. The molecule has 7 nitrogen and oxygen atoms in total. The normalized spacial score (nSPS) is 17.0. The number of rotatable bonds is 4. The van der Waals surface area contributed by atoms with Gasteiger partial charge >= 0.3 is 0 Å². The van der Waals surface area contributed by atoms with Gasteiger partial charge in [-0.15, -0.1) is 5.10 Å². The second-order valence-electron chi connectivity index (χ2n) is 6.56. The number of carbonyl (C=O) groups excluding carboxylic acids is 1. The maximum Gasteiger partial charge on any atom is 0.226 e. The molecular formula is C19H22N4O3. The van der Waals surface area contributed by atoms with Crippen LogP contribution in [0.2, 0.25) is 0 Å². The Kier molecular flexibility index (Phi) is 4.86. The number of aromatic nitrogens is 2. The number of fused-ring (bicyclic) bond motifs is 1. The molecule has 2 aromatic rings. The molecule has 2 aliphatic rings. The van der Waals surface area contributed by atoms with Crippen LogP contribution in [-0.4, -0.2) is 53.3 Å². The smallest absolute Gasteiger partial charge is 0.226 e. The van der Waals surface area contributed by atoms with Crippen LogP contribution in [0.5, 0.6) is 11.5 Å². The van der Waals surface area contributed by atoms with E-state index in [2.05, 4.69) is 15.5 Å². The van der Waals surface area contributed by atoms with Gasteiger partial charge in [-0.05, 0) is 42.7 Å². The van der Waals surface area contributed by atoms with Crippen LogP contribution in [0.4, 0.5) is 5.82 Å². The van der Waals surface area contributed by atoms with Gasteiger partial charge in [0.1, 0.15) is 19.0 Å². The fourth-order valence-electron chi connectivity index (χ4n) is 3.35. The van der Waals surface area contributed by atoms with Crippen molar-refractivity contribution in [2.75, 3.05) is 31.6 Å². The Morgan fingerprint density at radius 2 is 1.96 bits per heavy atom. The average molecular weight is 354 g/mol. The topological polar surface area (TPSA) is 76.6 Å².